The summed E-state index contributed by atoms with van der Waals surface area (Å²) in [6, 6.07) is 0. The van der Waals surface area contributed by atoms with Crippen molar-refractivity contribution in [3.63, 3.8) is 0 Å². The van der Waals surface area contributed by atoms with E-state index in [1.165, 1.54) is 45.1 Å². The summed E-state index contributed by atoms with van der Waals surface area (Å²) >= 11 is 1.68. The van der Waals surface area contributed by atoms with Gasteiger partial charge in [-0.25, -0.2) is 0 Å². The molecule has 1 aromatic rings. The predicted octanol–water partition coefficient (Wildman–Crippen LogP) is 4.21. The van der Waals surface area contributed by atoms with Crippen molar-refractivity contribution in [3.8, 4) is 0 Å². The van der Waals surface area contributed by atoms with Gasteiger partial charge in [0.05, 0.1) is 0 Å². The lowest BCUT2D eigenvalue weighted by molar-refractivity contribution is 0.203. The van der Waals surface area contributed by atoms with Gasteiger partial charge in [0, 0.05) is 39.1 Å². The minimum Gasteiger partial charge on any atom is -0.357 e. The van der Waals surface area contributed by atoms with Crippen molar-refractivity contribution in [3.05, 3.63) is 5.82 Å². The fourth-order valence-corrected chi connectivity index (χ4v) is 5.40. The molecule has 2 aliphatic rings. The van der Waals surface area contributed by atoms with Crippen LogP contribution in [0.4, 0.5) is 0 Å². The molecular weight excluding hydrogens is 380 g/mol. The average Bonchev–Trinajstić information content (AvgIpc) is 3.29. The van der Waals surface area contributed by atoms with Crippen LogP contribution in [0.2, 0.25) is 0 Å². The lowest BCUT2D eigenvalue weighted by Gasteiger charge is -2.33. The van der Waals surface area contributed by atoms with E-state index < -0.39 is 0 Å². The van der Waals surface area contributed by atoms with Crippen LogP contribution in [0.5, 0.6) is 0 Å². The number of nitrogens with zero attached hydrogens (tertiary/aromatic N) is 5. The average molecular weight is 421 g/mol. The molecule has 1 N–H and O–H groups in total. The van der Waals surface area contributed by atoms with E-state index in [1.807, 2.05) is 0 Å². The molecule has 1 spiro atoms. The number of guanidine groups is 1. The molecule has 2 heterocycles. The second kappa shape index (κ2) is 10.7. The first-order valence-electron chi connectivity index (χ1n) is 11.6. The van der Waals surface area contributed by atoms with Gasteiger partial charge in [0.25, 0.3) is 0 Å². The molecule has 1 saturated carbocycles. The fraction of sp³-hybridized carbons (Fsp3) is 0.864. The number of nitrogens with one attached hydrogen (secondary N) is 1. The van der Waals surface area contributed by atoms with Crippen molar-refractivity contribution in [1.82, 2.24) is 25.0 Å². The maximum Gasteiger partial charge on any atom is 0.193 e. The van der Waals surface area contributed by atoms with Gasteiger partial charge in [-0.1, -0.05) is 44.9 Å². The molecule has 0 atom stereocenters. The lowest BCUT2D eigenvalue weighted by atomic mass is 9.73. The highest BCUT2D eigenvalue weighted by Gasteiger charge is 2.39. The topological polar surface area (TPSA) is 58.3 Å². The number of thioether (sulfide) groups is 1. The van der Waals surface area contributed by atoms with E-state index >= 15 is 0 Å². The largest absolute Gasteiger partial charge is 0.357 e. The van der Waals surface area contributed by atoms with E-state index in [0.29, 0.717) is 11.3 Å². The Bertz CT molecular complexity index is 662. The first kappa shape index (κ1) is 22.4. The van der Waals surface area contributed by atoms with Crippen LogP contribution in [0, 0.1) is 11.3 Å². The summed E-state index contributed by atoms with van der Waals surface area (Å²) in [5, 5.41) is 13.4. The highest BCUT2D eigenvalue weighted by molar-refractivity contribution is 7.98. The van der Waals surface area contributed by atoms with Crippen molar-refractivity contribution in [2.45, 2.75) is 83.8 Å². The molecule has 29 heavy (non-hydrogen) atoms. The minimum atomic E-state index is 0.565. The standard InChI is InChI=1S/C22H40N6S/c1-5-23-20(27-15-13-22(17-27)11-7-6-8-12-22)24-14-9-10-19-25-26-21(29-4)28(19)16-18(2)3/h18H,5-17H2,1-4H3,(H,23,24). The number of hydrogen-bond acceptors (Lipinski definition) is 4. The summed E-state index contributed by atoms with van der Waals surface area (Å²) in [5.41, 5.74) is 0.565. The Kier molecular flexibility index (Phi) is 8.27. The molecular formula is C22H40N6S. The first-order chi connectivity index (χ1) is 14.1. The Morgan fingerprint density at radius 2 is 2.00 bits per heavy atom. The predicted molar refractivity (Wildman–Crippen MR) is 123 cm³/mol. The van der Waals surface area contributed by atoms with Crippen LogP contribution in [0.1, 0.15) is 71.5 Å². The van der Waals surface area contributed by atoms with Gasteiger partial charge in [0.15, 0.2) is 11.1 Å². The molecule has 164 valence electrons. The molecule has 2 fully saturated rings. The van der Waals surface area contributed by atoms with Crippen LogP contribution in [0.15, 0.2) is 10.1 Å². The number of aryl methyl sites for hydroxylation is 1. The molecule has 0 unspecified atom stereocenters. The van der Waals surface area contributed by atoms with E-state index in [-0.39, 0.29) is 0 Å². The van der Waals surface area contributed by atoms with Gasteiger partial charge in [-0.2, -0.15) is 0 Å². The molecule has 7 heteroatoms. The molecule has 1 aliphatic heterocycles. The summed E-state index contributed by atoms with van der Waals surface area (Å²) < 4.78 is 2.29. The third-order valence-electron chi connectivity index (χ3n) is 6.33. The Balaban J connectivity index is 1.56. The Labute approximate surface area is 181 Å². The molecule has 1 aliphatic carbocycles. The molecule has 0 aromatic carbocycles. The van der Waals surface area contributed by atoms with Gasteiger partial charge < -0.3 is 14.8 Å². The van der Waals surface area contributed by atoms with Crippen molar-refractivity contribution >= 4 is 17.7 Å². The van der Waals surface area contributed by atoms with Crippen molar-refractivity contribution in [2.24, 2.45) is 16.3 Å². The van der Waals surface area contributed by atoms with Crippen LogP contribution in [0.3, 0.4) is 0 Å². The highest BCUT2D eigenvalue weighted by atomic mass is 32.2. The summed E-state index contributed by atoms with van der Waals surface area (Å²) in [5.74, 6) is 2.81. The van der Waals surface area contributed by atoms with E-state index in [1.54, 1.807) is 11.8 Å². The third-order valence-corrected chi connectivity index (χ3v) is 7.00. The first-order valence-corrected chi connectivity index (χ1v) is 12.8. The zero-order valence-corrected chi connectivity index (χ0v) is 19.7. The molecule has 0 radical (unpaired) electrons. The van der Waals surface area contributed by atoms with Crippen molar-refractivity contribution in [2.75, 3.05) is 32.4 Å². The summed E-state index contributed by atoms with van der Waals surface area (Å²) in [6.45, 7) is 11.8. The maximum absolute atomic E-state index is 4.97. The Hall–Kier alpha value is -1.24. The van der Waals surface area contributed by atoms with Crippen LogP contribution >= 0.6 is 11.8 Å². The number of rotatable bonds is 8. The normalized spacial score (nSPS) is 19.5. The number of aromatic nitrogens is 3. The monoisotopic (exact) mass is 420 g/mol. The second-order valence-corrected chi connectivity index (χ2v) is 9.95. The van der Waals surface area contributed by atoms with Gasteiger partial charge >= 0.3 is 0 Å². The minimum absolute atomic E-state index is 0.565. The van der Waals surface area contributed by atoms with Crippen LogP contribution in [0.25, 0.3) is 0 Å². The molecule has 1 saturated heterocycles. The molecule has 1 aromatic heterocycles. The third kappa shape index (κ3) is 5.89. The van der Waals surface area contributed by atoms with Crippen LogP contribution in [-0.4, -0.2) is 58.1 Å². The van der Waals surface area contributed by atoms with Crippen molar-refractivity contribution in [1.29, 1.82) is 0 Å². The summed E-state index contributed by atoms with van der Waals surface area (Å²) in [7, 11) is 0. The fourth-order valence-electron chi connectivity index (χ4n) is 4.88. The van der Waals surface area contributed by atoms with Crippen LogP contribution < -0.4 is 5.32 Å². The molecule has 0 amide bonds. The van der Waals surface area contributed by atoms with Gasteiger partial charge in [-0.05, 0) is 50.2 Å². The SMILES string of the molecule is CCNC(=NCCCc1nnc(SC)n1CC(C)C)N1CCC2(CCCCC2)C1. The van der Waals surface area contributed by atoms with Gasteiger partial charge in [-0.3, -0.25) is 4.99 Å². The zero-order valence-electron chi connectivity index (χ0n) is 18.9. The smallest absolute Gasteiger partial charge is 0.193 e. The highest BCUT2D eigenvalue weighted by Crippen LogP contribution is 2.43. The second-order valence-electron chi connectivity index (χ2n) is 9.18. The molecule has 3 rings (SSSR count). The van der Waals surface area contributed by atoms with Gasteiger partial charge in [0.1, 0.15) is 5.82 Å². The number of likely N-dealkylation sites (tertiary alicyclic amines) is 1. The van der Waals surface area contributed by atoms with Crippen molar-refractivity contribution < 1.29 is 0 Å². The summed E-state index contributed by atoms with van der Waals surface area (Å²) in [4.78, 5) is 7.49. The van der Waals surface area contributed by atoms with E-state index in [4.69, 9.17) is 4.99 Å². The zero-order chi connectivity index (χ0) is 20.7. The maximum atomic E-state index is 4.97. The van der Waals surface area contributed by atoms with E-state index in [0.717, 1.165) is 56.0 Å². The lowest BCUT2D eigenvalue weighted by Crippen LogP contribution is -2.41. The number of aliphatic imine (C=N–C) groups is 1. The molecule has 6 nitrogen and oxygen atoms in total. The number of hydrogen-bond donors (Lipinski definition) is 1. The quantitative estimate of drug-likeness (QED) is 0.295. The van der Waals surface area contributed by atoms with E-state index in [9.17, 15) is 0 Å². The van der Waals surface area contributed by atoms with Gasteiger partial charge in [0.2, 0.25) is 0 Å². The van der Waals surface area contributed by atoms with E-state index in [2.05, 4.69) is 52.0 Å². The van der Waals surface area contributed by atoms with Crippen LogP contribution in [-0.2, 0) is 13.0 Å². The summed E-state index contributed by atoms with van der Waals surface area (Å²) in [6.07, 6.45) is 12.4. The molecule has 0 bridgehead atoms. The Morgan fingerprint density at radius 1 is 1.21 bits per heavy atom. The Morgan fingerprint density at radius 3 is 2.69 bits per heavy atom. The van der Waals surface area contributed by atoms with Gasteiger partial charge in [-0.15, -0.1) is 10.2 Å².